The second-order valence-corrected chi connectivity index (χ2v) is 6.33. The number of carbonyl (C=O) groups is 1. The Bertz CT molecular complexity index is 365. The van der Waals surface area contributed by atoms with E-state index in [0.717, 1.165) is 5.56 Å². The van der Waals surface area contributed by atoms with Crippen molar-refractivity contribution < 1.29 is 14.5 Å². The van der Waals surface area contributed by atoms with Crippen molar-refractivity contribution in [2.75, 3.05) is 5.75 Å². The van der Waals surface area contributed by atoms with Crippen molar-refractivity contribution in [3.8, 4) is 0 Å². The van der Waals surface area contributed by atoms with Crippen molar-refractivity contribution in [3.05, 3.63) is 35.9 Å². The highest BCUT2D eigenvalue weighted by molar-refractivity contribution is 7.90. The molecule has 0 saturated heterocycles. The zero-order valence-corrected chi connectivity index (χ0v) is 11.7. The first-order valence-corrected chi connectivity index (χ1v) is 7.61. The highest BCUT2D eigenvalue weighted by atomic mass is 32.2. The van der Waals surface area contributed by atoms with Crippen LogP contribution in [0, 0.1) is 11.8 Å². The molecule has 0 bridgehead atoms. The van der Waals surface area contributed by atoms with E-state index in [1.165, 1.54) is 0 Å². The van der Waals surface area contributed by atoms with E-state index < -0.39 is 23.1 Å². The Kier molecular flexibility index (Phi) is 6.22. The first-order chi connectivity index (χ1) is 8.50. The lowest BCUT2D eigenvalue weighted by atomic mass is 9.94. The largest absolute Gasteiger partial charge is 0.616 e. The molecule has 0 saturated carbocycles. The fraction of sp³-hybridized carbons (Fsp3) is 0.500. The highest BCUT2D eigenvalue weighted by Gasteiger charge is 2.23. The van der Waals surface area contributed by atoms with E-state index in [1.54, 1.807) is 0 Å². The Morgan fingerprint density at radius 3 is 2.44 bits per heavy atom. The second kappa shape index (κ2) is 7.44. The van der Waals surface area contributed by atoms with Crippen molar-refractivity contribution >= 4 is 17.1 Å². The van der Waals surface area contributed by atoms with E-state index in [1.807, 2.05) is 44.2 Å². The lowest BCUT2D eigenvalue weighted by Crippen LogP contribution is -2.23. The van der Waals surface area contributed by atoms with Gasteiger partial charge >= 0.3 is 5.97 Å². The van der Waals surface area contributed by atoms with E-state index in [0.29, 0.717) is 17.9 Å². The minimum atomic E-state index is -0.988. The summed E-state index contributed by atoms with van der Waals surface area (Å²) in [4.78, 5) is 11.0. The molecule has 0 heterocycles. The number of carboxylic acid groups (broad SMARTS) is 1. The van der Waals surface area contributed by atoms with Crippen LogP contribution >= 0.6 is 0 Å². The minimum absolute atomic E-state index is 0.0798. The first-order valence-electron chi connectivity index (χ1n) is 6.12. The van der Waals surface area contributed by atoms with Gasteiger partial charge in [0.1, 0.15) is 11.5 Å². The molecule has 0 aliphatic rings. The van der Waals surface area contributed by atoms with Crippen LogP contribution < -0.4 is 0 Å². The van der Waals surface area contributed by atoms with Crippen LogP contribution in [0.4, 0.5) is 0 Å². The lowest BCUT2D eigenvalue weighted by molar-refractivity contribution is -0.143. The molecule has 3 nitrogen and oxygen atoms in total. The summed E-state index contributed by atoms with van der Waals surface area (Å²) in [6.07, 6.45) is 0.479. The quantitative estimate of drug-likeness (QED) is 0.773. The molecule has 1 rings (SSSR count). The molecule has 0 aromatic heterocycles. The zero-order valence-electron chi connectivity index (χ0n) is 10.8. The van der Waals surface area contributed by atoms with E-state index in [2.05, 4.69) is 0 Å². The number of aliphatic carboxylic acids is 1. The standard InChI is InChI=1S/C14H20O3S/c1-11(2)13(14(15)16)8-9-18(17)10-12-6-4-3-5-7-12/h3-7,11,13H,8-10H2,1-2H3,(H,15,16). The summed E-state index contributed by atoms with van der Waals surface area (Å²) >= 11 is -0.988. The molecule has 0 spiro atoms. The Labute approximate surface area is 111 Å². The minimum Gasteiger partial charge on any atom is -0.616 e. The highest BCUT2D eigenvalue weighted by Crippen LogP contribution is 2.18. The van der Waals surface area contributed by atoms with Crippen LogP contribution in [0.3, 0.4) is 0 Å². The fourth-order valence-electron chi connectivity index (χ4n) is 1.83. The van der Waals surface area contributed by atoms with Crippen molar-refractivity contribution in [2.45, 2.75) is 26.0 Å². The third-order valence-electron chi connectivity index (χ3n) is 2.95. The van der Waals surface area contributed by atoms with E-state index in [9.17, 15) is 9.35 Å². The van der Waals surface area contributed by atoms with Gasteiger partial charge in [0.05, 0.1) is 5.92 Å². The number of carboxylic acids is 1. The van der Waals surface area contributed by atoms with Gasteiger partial charge < -0.3 is 9.66 Å². The molecule has 1 aromatic rings. The number of rotatable bonds is 7. The summed E-state index contributed by atoms with van der Waals surface area (Å²) in [6.45, 7) is 3.78. The average molecular weight is 268 g/mol. The normalized spacial score (nSPS) is 14.4. The van der Waals surface area contributed by atoms with Gasteiger partial charge in [0.2, 0.25) is 0 Å². The van der Waals surface area contributed by atoms with Gasteiger partial charge in [0.25, 0.3) is 0 Å². The predicted molar refractivity (Wildman–Crippen MR) is 73.7 cm³/mol. The smallest absolute Gasteiger partial charge is 0.306 e. The van der Waals surface area contributed by atoms with Gasteiger partial charge in [-0.3, -0.25) is 4.79 Å². The molecule has 18 heavy (non-hydrogen) atoms. The van der Waals surface area contributed by atoms with Crippen LogP contribution in [0.25, 0.3) is 0 Å². The van der Waals surface area contributed by atoms with Crippen LogP contribution in [0.2, 0.25) is 0 Å². The summed E-state index contributed by atoms with van der Waals surface area (Å²) in [5, 5.41) is 9.05. The van der Waals surface area contributed by atoms with Crippen molar-refractivity contribution in [3.63, 3.8) is 0 Å². The molecule has 4 heteroatoms. The van der Waals surface area contributed by atoms with Crippen LogP contribution in [0.5, 0.6) is 0 Å². The Morgan fingerprint density at radius 1 is 1.33 bits per heavy atom. The molecule has 0 radical (unpaired) electrons. The molecule has 0 fully saturated rings. The number of hydrogen-bond acceptors (Lipinski definition) is 2. The van der Waals surface area contributed by atoms with Crippen LogP contribution in [0.1, 0.15) is 25.8 Å². The molecular weight excluding hydrogens is 248 g/mol. The lowest BCUT2D eigenvalue weighted by Gasteiger charge is -2.17. The van der Waals surface area contributed by atoms with E-state index in [-0.39, 0.29) is 5.92 Å². The monoisotopic (exact) mass is 268 g/mol. The third-order valence-corrected chi connectivity index (χ3v) is 4.30. The molecule has 2 unspecified atom stereocenters. The summed E-state index contributed by atoms with van der Waals surface area (Å²) in [5.74, 6) is -0.155. The van der Waals surface area contributed by atoms with Crippen molar-refractivity contribution in [1.29, 1.82) is 0 Å². The maximum Gasteiger partial charge on any atom is 0.306 e. The van der Waals surface area contributed by atoms with Gasteiger partial charge in [-0.1, -0.05) is 44.2 Å². The maximum atomic E-state index is 11.9. The van der Waals surface area contributed by atoms with Crippen molar-refractivity contribution in [2.24, 2.45) is 11.8 Å². The van der Waals surface area contributed by atoms with Crippen LogP contribution in [-0.2, 0) is 21.7 Å². The van der Waals surface area contributed by atoms with E-state index in [4.69, 9.17) is 5.11 Å². The molecule has 0 aliphatic heterocycles. The number of hydrogen-bond donors (Lipinski definition) is 1. The molecule has 0 amide bonds. The second-order valence-electron chi connectivity index (χ2n) is 4.75. The summed E-state index contributed by atoms with van der Waals surface area (Å²) in [5.41, 5.74) is 1.03. The van der Waals surface area contributed by atoms with Gasteiger partial charge in [-0.05, 0) is 17.1 Å². The summed E-state index contributed by atoms with van der Waals surface area (Å²) in [6, 6.07) is 9.64. The van der Waals surface area contributed by atoms with Gasteiger partial charge in [0.15, 0.2) is 0 Å². The molecular formula is C14H20O3S. The first kappa shape index (κ1) is 15.1. The maximum absolute atomic E-state index is 11.9. The van der Waals surface area contributed by atoms with Crippen molar-refractivity contribution in [1.82, 2.24) is 0 Å². The average Bonchev–Trinajstić information content (AvgIpc) is 2.29. The fourth-order valence-corrected chi connectivity index (χ4v) is 3.06. The van der Waals surface area contributed by atoms with Crippen LogP contribution in [-0.4, -0.2) is 21.4 Å². The van der Waals surface area contributed by atoms with Gasteiger partial charge in [-0.2, -0.15) is 0 Å². The third kappa shape index (κ3) is 5.10. The SMILES string of the molecule is CC(C)C(CC[S+]([O-])Cc1ccccc1)C(=O)O. The Balaban J connectivity index is 2.41. The van der Waals surface area contributed by atoms with Gasteiger partial charge in [0, 0.05) is 12.0 Å². The molecule has 0 aliphatic carbocycles. The molecule has 100 valence electrons. The molecule has 1 aromatic carbocycles. The predicted octanol–water partition coefficient (Wildman–Crippen LogP) is 2.68. The van der Waals surface area contributed by atoms with Gasteiger partial charge in [-0.25, -0.2) is 0 Å². The number of benzene rings is 1. The Morgan fingerprint density at radius 2 is 1.94 bits per heavy atom. The van der Waals surface area contributed by atoms with E-state index >= 15 is 0 Å². The Hall–Kier alpha value is -1.00. The summed E-state index contributed by atoms with van der Waals surface area (Å²) < 4.78 is 11.9. The topological polar surface area (TPSA) is 60.4 Å². The zero-order chi connectivity index (χ0) is 13.5. The summed E-state index contributed by atoms with van der Waals surface area (Å²) in [7, 11) is 0. The van der Waals surface area contributed by atoms with Gasteiger partial charge in [-0.15, -0.1) is 0 Å². The molecule has 2 atom stereocenters. The van der Waals surface area contributed by atoms with Crippen LogP contribution in [0.15, 0.2) is 30.3 Å². The molecule has 1 N–H and O–H groups in total.